The van der Waals surface area contributed by atoms with Gasteiger partial charge in [-0.3, -0.25) is 0 Å². The molecule has 0 spiro atoms. The molecule has 0 aromatic heterocycles. The van der Waals surface area contributed by atoms with Gasteiger partial charge in [-0.25, -0.2) is 17.6 Å². The molecule has 6 heteroatoms. The Kier molecular flexibility index (Phi) is 3.35. The molecule has 17 heavy (non-hydrogen) atoms. The lowest BCUT2D eigenvalue weighted by molar-refractivity contribution is 0.428. The van der Waals surface area contributed by atoms with E-state index in [-0.39, 0.29) is 18.7 Å². The van der Waals surface area contributed by atoms with E-state index >= 15 is 0 Å². The van der Waals surface area contributed by atoms with Crippen molar-refractivity contribution in [2.45, 2.75) is 18.4 Å². The maximum atomic E-state index is 13.5. The van der Waals surface area contributed by atoms with Gasteiger partial charge in [0.05, 0.1) is 0 Å². The van der Waals surface area contributed by atoms with Crippen molar-refractivity contribution in [2.24, 2.45) is 5.73 Å². The summed E-state index contributed by atoms with van der Waals surface area (Å²) in [7, 11) is 0. The summed E-state index contributed by atoms with van der Waals surface area (Å²) in [5.41, 5.74) is 4.89. The standard InChI is InChI=1S/C11H12F4N2/c12-7-2-8(13)11(15)9(10(7)14)5-1-6(3-16)17-4-5/h2,5-6,17H,1,3-4,16H2. The molecule has 0 aliphatic carbocycles. The Morgan fingerprint density at radius 2 is 1.76 bits per heavy atom. The van der Waals surface area contributed by atoms with E-state index in [1.54, 1.807) is 0 Å². The van der Waals surface area contributed by atoms with Gasteiger partial charge in [0.1, 0.15) is 0 Å². The summed E-state index contributed by atoms with van der Waals surface area (Å²) >= 11 is 0. The van der Waals surface area contributed by atoms with E-state index in [1.807, 2.05) is 0 Å². The first-order valence-electron chi connectivity index (χ1n) is 5.31. The first-order valence-corrected chi connectivity index (χ1v) is 5.31. The summed E-state index contributed by atoms with van der Waals surface area (Å²) in [5.74, 6) is -5.94. The molecule has 1 saturated heterocycles. The molecule has 2 nitrogen and oxygen atoms in total. The van der Waals surface area contributed by atoms with E-state index in [4.69, 9.17) is 5.73 Å². The molecular weight excluding hydrogens is 236 g/mol. The first-order chi connectivity index (χ1) is 8.04. The van der Waals surface area contributed by atoms with E-state index in [1.165, 1.54) is 0 Å². The average Bonchev–Trinajstić information content (AvgIpc) is 2.75. The first kappa shape index (κ1) is 12.3. The van der Waals surface area contributed by atoms with Crippen LogP contribution in [0.5, 0.6) is 0 Å². The van der Waals surface area contributed by atoms with Crippen LogP contribution < -0.4 is 11.1 Å². The zero-order valence-corrected chi connectivity index (χ0v) is 8.94. The fraction of sp³-hybridized carbons (Fsp3) is 0.455. The molecule has 2 unspecified atom stereocenters. The molecular formula is C11H12F4N2. The van der Waals surface area contributed by atoms with Gasteiger partial charge in [0.15, 0.2) is 23.3 Å². The van der Waals surface area contributed by atoms with Crippen molar-refractivity contribution < 1.29 is 17.6 Å². The quantitative estimate of drug-likeness (QED) is 0.617. The van der Waals surface area contributed by atoms with Crippen LogP contribution in [-0.2, 0) is 0 Å². The minimum absolute atomic E-state index is 0.0786. The Hall–Kier alpha value is -1.14. The fourth-order valence-corrected chi connectivity index (χ4v) is 2.17. The molecule has 2 atom stereocenters. The van der Waals surface area contributed by atoms with Gasteiger partial charge >= 0.3 is 0 Å². The van der Waals surface area contributed by atoms with Crippen LogP contribution >= 0.6 is 0 Å². The van der Waals surface area contributed by atoms with Crippen molar-refractivity contribution in [2.75, 3.05) is 13.1 Å². The van der Waals surface area contributed by atoms with Crippen LogP contribution in [0.25, 0.3) is 0 Å². The molecule has 1 heterocycles. The van der Waals surface area contributed by atoms with Crippen molar-refractivity contribution in [3.63, 3.8) is 0 Å². The Bertz CT molecular complexity index is 410. The summed E-state index contributed by atoms with van der Waals surface area (Å²) in [6.07, 6.45) is 0.368. The number of halogens is 4. The maximum absolute atomic E-state index is 13.5. The van der Waals surface area contributed by atoms with Crippen molar-refractivity contribution in [3.05, 3.63) is 34.9 Å². The molecule has 0 bridgehead atoms. The van der Waals surface area contributed by atoms with E-state index in [9.17, 15) is 17.6 Å². The molecule has 2 rings (SSSR count). The summed E-state index contributed by atoms with van der Waals surface area (Å²) in [4.78, 5) is 0. The number of hydrogen-bond donors (Lipinski definition) is 2. The lowest BCUT2D eigenvalue weighted by Gasteiger charge is -2.12. The second-order valence-corrected chi connectivity index (χ2v) is 4.16. The van der Waals surface area contributed by atoms with Crippen LogP contribution in [0.3, 0.4) is 0 Å². The number of nitrogens with two attached hydrogens (primary N) is 1. The molecule has 3 N–H and O–H groups in total. The predicted molar refractivity (Wildman–Crippen MR) is 54.5 cm³/mol. The number of benzene rings is 1. The third-order valence-electron chi connectivity index (χ3n) is 3.06. The normalized spacial score (nSPS) is 24.3. The van der Waals surface area contributed by atoms with E-state index in [0.717, 1.165) is 0 Å². The summed E-state index contributed by atoms with van der Waals surface area (Å²) in [6.45, 7) is 0.579. The minimum Gasteiger partial charge on any atom is -0.329 e. The molecule has 1 fully saturated rings. The van der Waals surface area contributed by atoms with Crippen molar-refractivity contribution in [1.82, 2.24) is 5.32 Å². The monoisotopic (exact) mass is 248 g/mol. The zero-order valence-electron chi connectivity index (χ0n) is 8.94. The number of nitrogens with one attached hydrogen (secondary N) is 1. The van der Waals surface area contributed by atoms with E-state index in [2.05, 4.69) is 5.32 Å². The Balaban J connectivity index is 2.38. The van der Waals surface area contributed by atoms with E-state index < -0.39 is 34.8 Å². The second kappa shape index (κ2) is 4.62. The fourth-order valence-electron chi connectivity index (χ4n) is 2.17. The van der Waals surface area contributed by atoms with Gasteiger partial charge in [0.25, 0.3) is 0 Å². The molecule has 0 amide bonds. The van der Waals surface area contributed by atoms with Gasteiger partial charge in [-0.2, -0.15) is 0 Å². The second-order valence-electron chi connectivity index (χ2n) is 4.16. The van der Waals surface area contributed by atoms with Crippen LogP contribution in [0, 0.1) is 23.3 Å². The Morgan fingerprint density at radius 3 is 2.24 bits per heavy atom. The lowest BCUT2D eigenvalue weighted by atomic mass is 9.95. The minimum atomic E-state index is -1.37. The van der Waals surface area contributed by atoms with Crippen LogP contribution in [-0.4, -0.2) is 19.1 Å². The van der Waals surface area contributed by atoms with Crippen LogP contribution in [0.4, 0.5) is 17.6 Å². The van der Waals surface area contributed by atoms with E-state index in [0.29, 0.717) is 13.0 Å². The lowest BCUT2D eigenvalue weighted by Crippen LogP contribution is -2.29. The summed E-state index contributed by atoms with van der Waals surface area (Å²) < 4.78 is 53.0. The van der Waals surface area contributed by atoms with Gasteiger partial charge in [-0.1, -0.05) is 0 Å². The highest BCUT2D eigenvalue weighted by molar-refractivity contribution is 5.27. The van der Waals surface area contributed by atoms with Gasteiger partial charge in [0.2, 0.25) is 0 Å². The third-order valence-corrected chi connectivity index (χ3v) is 3.06. The Labute approximate surface area is 95.8 Å². The molecule has 94 valence electrons. The van der Waals surface area contributed by atoms with Crippen LogP contribution in [0.1, 0.15) is 17.9 Å². The number of hydrogen-bond acceptors (Lipinski definition) is 2. The van der Waals surface area contributed by atoms with Gasteiger partial charge < -0.3 is 11.1 Å². The predicted octanol–water partition coefficient (Wildman–Crippen LogP) is 1.65. The highest BCUT2D eigenvalue weighted by Crippen LogP contribution is 2.31. The summed E-state index contributed by atoms with van der Waals surface area (Å²) in [6, 6.07) is 0.141. The third kappa shape index (κ3) is 2.14. The molecule has 1 aliphatic heterocycles. The molecule has 0 radical (unpaired) electrons. The zero-order chi connectivity index (χ0) is 12.6. The molecule has 1 aromatic rings. The largest absolute Gasteiger partial charge is 0.329 e. The van der Waals surface area contributed by atoms with Crippen molar-refractivity contribution in [3.8, 4) is 0 Å². The van der Waals surface area contributed by atoms with Crippen molar-refractivity contribution >= 4 is 0 Å². The molecule has 1 aliphatic rings. The highest BCUT2D eigenvalue weighted by atomic mass is 19.2. The highest BCUT2D eigenvalue weighted by Gasteiger charge is 2.31. The van der Waals surface area contributed by atoms with Crippen LogP contribution in [0.2, 0.25) is 0 Å². The van der Waals surface area contributed by atoms with Gasteiger partial charge in [-0.05, 0) is 6.42 Å². The average molecular weight is 248 g/mol. The SMILES string of the molecule is NCC1CC(c2c(F)c(F)cc(F)c2F)CN1. The van der Waals surface area contributed by atoms with Gasteiger partial charge in [0, 0.05) is 36.7 Å². The smallest absolute Gasteiger partial charge is 0.165 e. The topological polar surface area (TPSA) is 38.0 Å². The van der Waals surface area contributed by atoms with Crippen molar-refractivity contribution in [1.29, 1.82) is 0 Å². The summed E-state index contributed by atoms with van der Waals surface area (Å²) in [5, 5.41) is 2.94. The van der Waals surface area contributed by atoms with Gasteiger partial charge in [-0.15, -0.1) is 0 Å². The molecule has 1 aromatic carbocycles. The molecule has 0 saturated carbocycles. The Morgan fingerprint density at radius 1 is 1.18 bits per heavy atom. The maximum Gasteiger partial charge on any atom is 0.165 e. The van der Waals surface area contributed by atoms with Crippen LogP contribution in [0.15, 0.2) is 6.07 Å². The number of rotatable bonds is 2.